The van der Waals surface area contributed by atoms with E-state index >= 15 is 0 Å². The van der Waals surface area contributed by atoms with E-state index in [-0.39, 0.29) is 12.5 Å². The maximum atomic E-state index is 12.0. The fourth-order valence-corrected chi connectivity index (χ4v) is 2.06. The first kappa shape index (κ1) is 12.4. The molecule has 7 heteroatoms. The van der Waals surface area contributed by atoms with Crippen LogP contribution in [0, 0.1) is 6.92 Å². The molecule has 1 aromatic heterocycles. The van der Waals surface area contributed by atoms with Crippen molar-refractivity contribution in [2.75, 3.05) is 7.05 Å². The van der Waals surface area contributed by atoms with E-state index in [9.17, 15) is 13.2 Å². The van der Waals surface area contributed by atoms with E-state index in [1.165, 1.54) is 0 Å². The Labute approximate surface area is 89.9 Å². The molecule has 0 saturated heterocycles. The van der Waals surface area contributed by atoms with Gasteiger partial charge in [0.05, 0.1) is 10.6 Å². The van der Waals surface area contributed by atoms with Crippen LogP contribution in [-0.4, -0.2) is 22.8 Å². The molecule has 0 saturated carbocycles. The Bertz CT molecular complexity index is 310. The molecule has 0 amide bonds. The number of hydrogen-bond acceptors (Lipinski definition) is 4. The smallest absolute Gasteiger partial charge is 0.312 e. The van der Waals surface area contributed by atoms with Gasteiger partial charge in [0.15, 0.2) is 0 Å². The third-order valence-electron chi connectivity index (χ3n) is 2.07. The van der Waals surface area contributed by atoms with Gasteiger partial charge in [-0.3, -0.25) is 0 Å². The SMILES string of the molecule is CNC(CCC(F)(F)F)c1snnc1C. The number of nitrogens with zero attached hydrogens (tertiary/aromatic N) is 2. The molecule has 0 aromatic carbocycles. The van der Waals surface area contributed by atoms with Crippen molar-refractivity contribution in [3.63, 3.8) is 0 Å². The number of aromatic nitrogens is 2. The fraction of sp³-hybridized carbons (Fsp3) is 0.750. The van der Waals surface area contributed by atoms with E-state index in [2.05, 4.69) is 14.9 Å². The molecule has 1 aromatic rings. The van der Waals surface area contributed by atoms with Crippen molar-refractivity contribution in [2.45, 2.75) is 32.0 Å². The van der Waals surface area contributed by atoms with Gasteiger partial charge in [0.2, 0.25) is 0 Å². The molecule has 0 fully saturated rings. The zero-order valence-electron chi connectivity index (χ0n) is 8.43. The highest BCUT2D eigenvalue weighted by Crippen LogP contribution is 2.29. The zero-order chi connectivity index (χ0) is 11.5. The molecule has 3 nitrogen and oxygen atoms in total. The highest BCUT2D eigenvalue weighted by Gasteiger charge is 2.29. The van der Waals surface area contributed by atoms with Crippen LogP contribution in [-0.2, 0) is 0 Å². The van der Waals surface area contributed by atoms with E-state index in [0.29, 0.717) is 5.69 Å². The van der Waals surface area contributed by atoms with Crippen LogP contribution < -0.4 is 5.32 Å². The molecule has 0 aliphatic rings. The monoisotopic (exact) mass is 239 g/mol. The molecule has 0 aliphatic carbocycles. The van der Waals surface area contributed by atoms with Gasteiger partial charge in [-0.25, -0.2) is 0 Å². The molecular weight excluding hydrogens is 227 g/mol. The fourth-order valence-electron chi connectivity index (χ4n) is 1.27. The topological polar surface area (TPSA) is 37.8 Å². The Morgan fingerprint density at radius 2 is 2.13 bits per heavy atom. The Hall–Kier alpha value is -0.690. The summed E-state index contributed by atoms with van der Waals surface area (Å²) < 4.78 is 39.8. The van der Waals surface area contributed by atoms with Crippen molar-refractivity contribution in [3.8, 4) is 0 Å². The van der Waals surface area contributed by atoms with E-state index in [0.717, 1.165) is 16.4 Å². The van der Waals surface area contributed by atoms with Crippen LogP contribution in [0.5, 0.6) is 0 Å². The standard InChI is InChI=1S/C8H12F3N3S/c1-5-7(15-14-13-5)6(12-2)3-4-8(9,10)11/h6,12H,3-4H2,1-2H3. The molecule has 86 valence electrons. The molecule has 1 heterocycles. The summed E-state index contributed by atoms with van der Waals surface area (Å²) in [6, 6.07) is -0.313. The minimum atomic E-state index is -4.11. The third-order valence-corrected chi connectivity index (χ3v) is 3.01. The van der Waals surface area contributed by atoms with Gasteiger partial charge >= 0.3 is 6.18 Å². The molecule has 0 radical (unpaired) electrons. The lowest BCUT2D eigenvalue weighted by molar-refractivity contribution is -0.136. The minimum Gasteiger partial charge on any atom is -0.312 e. The summed E-state index contributed by atoms with van der Waals surface area (Å²) >= 11 is 1.14. The number of aryl methyl sites for hydroxylation is 1. The maximum Gasteiger partial charge on any atom is 0.389 e. The second-order valence-corrected chi connectivity index (χ2v) is 4.00. The average Bonchev–Trinajstić information content (AvgIpc) is 2.52. The molecule has 1 unspecified atom stereocenters. The Morgan fingerprint density at radius 1 is 1.47 bits per heavy atom. The van der Waals surface area contributed by atoms with Gasteiger partial charge in [0.1, 0.15) is 0 Å². The van der Waals surface area contributed by atoms with Crippen molar-refractivity contribution < 1.29 is 13.2 Å². The van der Waals surface area contributed by atoms with E-state index in [1.807, 2.05) is 0 Å². The summed E-state index contributed by atoms with van der Waals surface area (Å²) in [5.41, 5.74) is 0.696. The first-order valence-electron chi connectivity index (χ1n) is 4.47. The molecule has 1 rings (SSSR count). The summed E-state index contributed by atoms with van der Waals surface area (Å²) in [5, 5.41) is 6.63. The maximum absolute atomic E-state index is 12.0. The van der Waals surface area contributed by atoms with Crippen molar-refractivity contribution in [1.29, 1.82) is 0 Å². The lowest BCUT2D eigenvalue weighted by atomic mass is 10.1. The third kappa shape index (κ3) is 3.75. The average molecular weight is 239 g/mol. The van der Waals surface area contributed by atoms with Crippen LogP contribution in [0.25, 0.3) is 0 Å². The zero-order valence-corrected chi connectivity index (χ0v) is 9.24. The molecule has 15 heavy (non-hydrogen) atoms. The first-order chi connectivity index (χ1) is 6.94. The Kier molecular flexibility index (Phi) is 4.04. The summed E-state index contributed by atoms with van der Waals surface area (Å²) in [4.78, 5) is 0.779. The van der Waals surface area contributed by atoms with Crippen molar-refractivity contribution in [1.82, 2.24) is 14.9 Å². The quantitative estimate of drug-likeness (QED) is 0.877. The molecule has 0 bridgehead atoms. The second-order valence-electron chi connectivity index (χ2n) is 3.22. The second kappa shape index (κ2) is 4.89. The molecule has 0 aliphatic heterocycles. The van der Waals surface area contributed by atoms with Gasteiger partial charge in [0.25, 0.3) is 0 Å². The molecule has 0 spiro atoms. The summed E-state index contributed by atoms with van der Waals surface area (Å²) in [5.74, 6) is 0. The van der Waals surface area contributed by atoms with Crippen molar-refractivity contribution in [2.24, 2.45) is 0 Å². The molecule has 1 atom stereocenters. The van der Waals surface area contributed by atoms with Crippen molar-refractivity contribution in [3.05, 3.63) is 10.6 Å². The van der Waals surface area contributed by atoms with E-state index < -0.39 is 12.6 Å². The van der Waals surface area contributed by atoms with E-state index in [4.69, 9.17) is 0 Å². The minimum absolute atomic E-state index is 0.0186. The molecule has 1 N–H and O–H groups in total. The van der Waals surface area contributed by atoms with Gasteiger partial charge in [0, 0.05) is 12.5 Å². The van der Waals surface area contributed by atoms with Crippen LogP contribution in [0.2, 0.25) is 0 Å². The highest BCUT2D eigenvalue weighted by molar-refractivity contribution is 7.05. The molecular formula is C8H12F3N3S. The summed E-state index contributed by atoms with van der Waals surface area (Å²) in [6.45, 7) is 1.75. The van der Waals surface area contributed by atoms with Gasteiger partial charge < -0.3 is 5.32 Å². The van der Waals surface area contributed by atoms with Gasteiger partial charge in [-0.2, -0.15) is 13.2 Å². The Morgan fingerprint density at radius 3 is 2.53 bits per heavy atom. The number of nitrogens with one attached hydrogen (secondary N) is 1. The predicted molar refractivity (Wildman–Crippen MR) is 51.7 cm³/mol. The Balaban J connectivity index is 2.61. The number of alkyl halides is 3. The largest absolute Gasteiger partial charge is 0.389 e. The predicted octanol–water partition coefficient (Wildman–Crippen LogP) is 2.45. The van der Waals surface area contributed by atoms with Crippen LogP contribution >= 0.6 is 11.5 Å². The first-order valence-corrected chi connectivity index (χ1v) is 5.24. The lowest BCUT2D eigenvalue weighted by Crippen LogP contribution is -2.19. The van der Waals surface area contributed by atoms with Gasteiger partial charge in [-0.15, -0.1) is 5.10 Å². The normalized spacial score (nSPS) is 14.2. The summed E-state index contributed by atoms with van der Waals surface area (Å²) in [7, 11) is 1.64. The highest BCUT2D eigenvalue weighted by atomic mass is 32.1. The van der Waals surface area contributed by atoms with Crippen molar-refractivity contribution >= 4 is 11.5 Å². The van der Waals surface area contributed by atoms with E-state index in [1.54, 1.807) is 14.0 Å². The summed E-state index contributed by atoms with van der Waals surface area (Å²) in [6.07, 6.45) is -4.89. The number of hydrogen-bond donors (Lipinski definition) is 1. The van der Waals surface area contributed by atoms with Crippen LogP contribution in [0.1, 0.15) is 29.5 Å². The van der Waals surface area contributed by atoms with Crippen LogP contribution in [0.3, 0.4) is 0 Å². The number of halogens is 3. The van der Waals surface area contributed by atoms with Gasteiger partial charge in [-0.1, -0.05) is 4.49 Å². The number of rotatable bonds is 4. The van der Waals surface area contributed by atoms with Crippen LogP contribution in [0.4, 0.5) is 13.2 Å². The van der Waals surface area contributed by atoms with Crippen LogP contribution in [0.15, 0.2) is 0 Å². The van der Waals surface area contributed by atoms with Gasteiger partial charge in [-0.05, 0) is 31.9 Å². The lowest BCUT2D eigenvalue weighted by Gasteiger charge is -2.15.